The van der Waals surface area contributed by atoms with Crippen molar-refractivity contribution in [2.24, 2.45) is 0 Å². The molecule has 2 N–H and O–H groups in total. The number of phenolic OH excluding ortho intramolecular Hbond substituents is 2. The fourth-order valence-corrected chi connectivity index (χ4v) is 1.86. The van der Waals surface area contributed by atoms with Crippen molar-refractivity contribution in [1.82, 2.24) is 0 Å². The van der Waals surface area contributed by atoms with E-state index in [1.54, 1.807) is 30.3 Å². The number of benzene rings is 2. The van der Waals surface area contributed by atoms with Gasteiger partial charge in [0, 0.05) is 21.7 Å². The smallest absolute Gasteiger partial charge is 0.165 e. The maximum absolute atomic E-state index is 9.71. The molecule has 0 amide bonds. The van der Waals surface area contributed by atoms with Crippen LogP contribution in [0.25, 0.3) is 11.1 Å². The fraction of sp³-hybridized carbons (Fsp3) is 0.0769. The highest BCUT2D eigenvalue weighted by molar-refractivity contribution is 6.31. The van der Waals surface area contributed by atoms with Crippen LogP contribution in [0.5, 0.6) is 11.5 Å². The van der Waals surface area contributed by atoms with Gasteiger partial charge >= 0.3 is 0 Å². The van der Waals surface area contributed by atoms with E-state index in [4.69, 9.17) is 23.2 Å². The number of halogens is 2. The molecule has 0 spiro atoms. The molecule has 2 aromatic rings. The average molecular weight is 271 g/mol. The standard InChI is InChI=1S/C12H8Cl2O2.CH4/c13-8-3-1-2-7(4-8)10-5-9(14)6-11(15)12(10)16;/h1-6,15-16H;1H4. The van der Waals surface area contributed by atoms with Crippen LogP contribution in [-0.4, -0.2) is 10.2 Å². The summed E-state index contributed by atoms with van der Waals surface area (Å²) in [4.78, 5) is 0. The molecule has 0 saturated carbocycles. The third-order valence-electron chi connectivity index (χ3n) is 2.19. The molecule has 0 aliphatic rings. The molecule has 0 fully saturated rings. The van der Waals surface area contributed by atoms with Crippen LogP contribution in [0.3, 0.4) is 0 Å². The van der Waals surface area contributed by atoms with Crippen molar-refractivity contribution in [2.75, 3.05) is 0 Å². The molecule has 0 aromatic heterocycles. The lowest BCUT2D eigenvalue weighted by Gasteiger charge is -2.07. The molecule has 0 unspecified atom stereocenters. The van der Waals surface area contributed by atoms with Crippen molar-refractivity contribution in [3.63, 3.8) is 0 Å². The van der Waals surface area contributed by atoms with Crippen molar-refractivity contribution in [2.45, 2.75) is 7.43 Å². The van der Waals surface area contributed by atoms with E-state index >= 15 is 0 Å². The normalized spacial score (nSPS) is 9.76. The summed E-state index contributed by atoms with van der Waals surface area (Å²) in [5.41, 5.74) is 1.15. The quantitative estimate of drug-likeness (QED) is 0.737. The summed E-state index contributed by atoms with van der Waals surface area (Å²) in [7, 11) is 0. The summed E-state index contributed by atoms with van der Waals surface area (Å²) >= 11 is 11.7. The van der Waals surface area contributed by atoms with E-state index < -0.39 is 0 Å². The van der Waals surface area contributed by atoms with Crippen LogP contribution in [0.4, 0.5) is 0 Å². The lowest BCUT2D eigenvalue weighted by Crippen LogP contribution is -1.80. The van der Waals surface area contributed by atoms with E-state index in [-0.39, 0.29) is 18.9 Å². The summed E-state index contributed by atoms with van der Waals surface area (Å²) < 4.78 is 0. The van der Waals surface area contributed by atoms with Gasteiger partial charge in [-0.2, -0.15) is 0 Å². The molecule has 0 radical (unpaired) electrons. The first-order valence-corrected chi connectivity index (χ1v) is 5.31. The number of aromatic hydroxyl groups is 2. The molecule has 90 valence electrons. The Balaban J connectivity index is 0.00000144. The molecule has 2 aromatic carbocycles. The summed E-state index contributed by atoms with van der Waals surface area (Å²) in [6.07, 6.45) is 0. The van der Waals surface area contributed by atoms with Gasteiger partial charge in [-0.25, -0.2) is 0 Å². The highest BCUT2D eigenvalue weighted by atomic mass is 35.5. The predicted molar refractivity (Wildman–Crippen MR) is 72.0 cm³/mol. The van der Waals surface area contributed by atoms with Crippen molar-refractivity contribution >= 4 is 23.2 Å². The number of hydrogen-bond donors (Lipinski definition) is 2. The van der Waals surface area contributed by atoms with Crippen LogP contribution in [0.1, 0.15) is 7.43 Å². The van der Waals surface area contributed by atoms with E-state index in [2.05, 4.69) is 0 Å². The second-order valence-corrected chi connectivity index (χ2v) is 4.20. The van der Waals surface area contributed by atoms with Gasteiger partial charge in [0.25, 0.3) is 0 Å². The van der Waals surface area contributed by atoms with Crippen LogP contribution in [0, 0.1) is 0 Å². The zero-order chi connectivity index (χ0) is 11.7. The van der Waals surface area contributed by atoms with Crippen LogP contribution >= 0.6 is 23.2 Å². The first-order chi connectivity index (χ1) is 7.58. The maximum Gasteiger partial charge on any atom is 0.165 e. The van der Waals surface area contributed by atoms with Gasteiger partial charge in [-0.15, -0.1) is 0 Å². The van der Waals surface area contributed by atoms with Gasteiger partial charge in [-0.1, -0.05) is 42.8 Å². The Hall–Kier alpha value is -1.38. The van der Waals surface area contributed by atoms with Gasteiger partial charge < -0.3 is 10.2 Å². The van der Waals surface area contributed by atoms with Crippen LogP contribution in [0.2, 0.25) is 10.0 Å². The Morgan fingerprint density at radius 1 is 0.882 bits per heavy atom. The minimum Gasteiger partial charge on any atom is -0.504 e. The van der Waals surface area contributed by atoms with E-state index in [0.29, 0.717) is 21.2 Å². The molecule has 17 heavy (non-hydrogen) atoms. The zero-order valence-electron chi connectivity index (χ0n) is 8.11. The Morgan fingerprint density at radius 3 is 2.24 bits per heavy atom. The van der Waals surface area contributed by atoms with Gasteiger partial charge in [0.05, 0.1) is 0 Å². The number of rotatable bonds is 1. The van der Waals surface area contributed by atoms with Crippen LogP contribution in [-0.2, 0) is 0 Å². The summed E-state index contributed by atoms with van der Waals surface area (Å²) in [5.74, 6) is -0.450. The van der Waals surface area contributed by atoms with Gasteiger partial charge in [0.2, 0.25) is 0 Å². The van der Waals surface area contributed by atoms with Gasteiger partial charge in [0.1, 0.15) is 0 Å². The summed E-state index contributed by atoms with van der Waals surface area (Å²) in [5, 5.41) is 20.1. The molecule has 0 heterocycles. The predicted octanol–water partition coefficient (Wildman–Crippen LogP) is 4.71. The van der Waals surface area contributed by atoms with Gasteiger partial charge in [-0.3, -0.25) is 0 Å². The number of hydrogen-bond acceptors (Lipinski definition) is 2. The fourth-order valence-electron chi connectivity index (χ4n) is 1.46. The molecular weight excluding hydrogens is 259 g/mol. The highest BCUT2D eigenvalue weighted by Crippen LogP contribution is 2.39. The first kappa shape index (κ1) is 13.7. The van der Waals surface area contributed by atoms with Crippen molar-refractivity contribution in [3.05, 3.63) is 46.4 Å². The Morgan fingerprint density at radius 2 is 1.59 bits per heavy atom. The molecular formula is C13H12Cl2O2. The average Bonchev–Trinajstić information content (AvgIpc) is 2.23. The van der Waals surface area contributed by atoms with E-state index in [9.17, 15) is 10.2 Å². The Kier molecular flexibility index (Phi) is 4.27. The summed E-state index contributed by atoms with van der Waals surface area (Å²) in [6, 6.07) is 9.80. The summed E-state index contributed by atoms with van der Waals surface area (Å²) in [6.45, 7) is 0. The molecule has 0 bridgehead atoms. The molecule has 0 aliphatic carbocycles. The van der Waals surface area contributed by atoms with E-state index in [1.807, 2.05) is 0 Å². The molecule has 0 atom stereocenters. The minimum absolute atomic E-state index is 0. The highest BCUT2D eigenvalue weighted by Gasteiger charge is 2.10. The van der Waals surface area contributed by atoms with Crippen molar-refractivity contribution in [3.8, 4) is 22.6 Å². The largest absolute Gasteiger partial charge is 0.504 e. The maximum atomic E-state index is 9.71. The van der Waals surface area contributed by atoms with E-state index in [1.165, 1.54) is 6.07 Å². The Bertz CT molecular complexity index is 539. The van der Waals surface area contributed by atoms with Gasteiger partial charge in [-0.05, 0) is 23.8 Å². The monoisotopic (exact) mass is 270 g/mol. The molecule has 2 nitrogen and oxygen atoms in total. The molecule has 0 aliphatic heterocycles. The van der Waals surface area contributed by atoms with Crippen LogP contribution in [0.15, 0.2) is 36.4 Å². The molecule has 0 saturated heterocycles. The zero-order valence-corrected chi connectivity index (χ0v) is 9.63. The third kappa shape index (κ3) is 2.84. The van der Waals surface area contributed by atoms with Crippen molar-refractivity contribution in [1.29, 1.82) is 0 Å². The third-order valence-corrected chi connectivity index (χ3v) is 2.64. The van der Waals surface area contributed by atoms with Gasteiger partial charge in [0.15, 0.2) is 11.5 Å². The lowest BCUT2D eigenvalue weighted by atomic mass is 10.0. The Labute approximate surface area is 110 Å². The van der Waals surface area contributed by atoms with E-state index in [0.717, 1.165) is 0 Å². The van der Waals surface area contributed by atoms with Crippen molar-refractivity contribution < 1.29 is 10.2 Å². The number of phenols is 2. The van der Waals surface area contributed by atoms with Crippen LogP contribution < -0.4 is 0 Å². The second-order valence-electron chi connectivity index (χ2n) is 3.33. The molecule has 2 rings (SSSR count). The SMILES string of the molecule is C.Oc1cc(Cl)cc(-c2cccc(Cl)c2)c1O. The second kappa shape index (κ2) is 5.30. The topological polar surface area (TPSA) is 40.5 Å². The first-order valence-electron chi connectivity index (χ1n) is 4.55. The molecule has 4 heteroatoms. The lowest BCUT2D eigenvalue weighted by molar-refractivity contribution is 0.405. The minimum atomic E-state index is -0.248.